The Morgan fingerprint density at radius 3 is 2.46 bits per heavy atom. The Hall–Kier alpha value is -2.14. The van der Waals surface area contributed by atoms with Gasteiger partial charge in [0.05, 0.1) is 5.56 Å². The zero-order chi connectivity index (χ0) is 17.9. The summed E-state index contributed by atoms with van der Waals surface area (Å²) in [4.78, 5) is 24.7. The van der Waals surface area contributed by atoms with E-state index in [1.807, 2.05) is 19.2 Å². The quantitative estimate of drug-likeness (QED) is 0.388. The summed E-state index contributed by atoms with van der Waals surface area (Å²) < 4.78 is 5.27. The van der Waals surface area contributed by atoms with Crippen LogP contribution < -0.4 is 15.7 Å². The lowest BCUT2D eigenvalue weighted by Gasteiger charge is -2.13. The molecule has 0 heterocycles. The van der Waals surface area contributed by atoms with Crippen LogP contribution in [0.2, 0.25) is 0 Å². The molecule has 7 heteroatoms. The molecular formula is C17H14B2O4S. The molecule has 24 heavy (non-hydrogen) atoms. The van der Waals surface area contributed by atoms with Crippen LogP contribution in [0.25, 0.3) is 0 Å². The van der Waals surface area contributed by atoms with E-state index in [0.717, 1.165) is 16.9 Å². The Balaban J connectivity index is 2.42. The molecular weight excluding hydrogens is 322 g/mol. The third kappa shape index (κ3) is 4.03. The Morgan fingerprint density at radius 1 is 1.17 bits per heavy atom. The average Bonchev–Trinajstić information content (AvgIpc) is 2.55. The van der Waals surface area contributed by atoms with Gasteiger partial charge in [-0.2, -0.15) is 0 Å². The molecule has 0 fully saturated rings. The Kier molecular flexibility index (Phi) is 5.78. The van der Waals surface area contributed by atoms with Gasteiger partial charge in [-0.25, -0.2) is 9.59 Å². The first kappa shape index (κ1) is 18.2. The number of hydrogen-bond acceptors (Lipinski definition) is 4. The fraction of sp³-hybridized carbons (Fsp3) is 0.176. The molecule has 0 spiro atoms. The summed E-state index contributed by atoms with van der Waals surface area (Å²) in [7, 11) is 11.4. The lowest BCUT2D eigenvalue weighted by atomic mass is 9.84. The van der Waals surface area contributed by atoms with E-state index < -0.39 is 11.9 Å². The number of carboxylic acid groups (broad SMARTS) is 1. The van der Waals surface area contributed by atoms with Gasteiger partial charge in [-0.3, -0.25) is 0 Å². The number of thioether (sulfide) groups is 1. The highest BCUT2D eigenvalue weighted by molar-refractivity contribution is 7.98. The number of aromatic carboxylic acids is 1. The summed E-state index contributed by atoms with van der Waals surface area (Å²) in [5.41, 5.74) is 1.25. The molecule has 0 aliphatic heterocycles. The van der Waals surface area contributed by atoms with Gasteiger partial charge in [0, 0.05) is 4.90 Å². The minimum absolute atomic E-state index is 0.00233. The van der Waals surface area contributed by atoms with Crippen LogP contribution in [0, 0.1) is 0 Å². The summed E-state index contributed by atoms with van der Waals surface area (Å²) in [6.45, 7) is 1.98. The maximum atomic E-state index is 12.5. The fourth-order valence-electron chi connectivity index (χ4n) is 2.20. The van der Waals surface area contributed by atoms with Crippen molar-refractivity contribution < 1.29 is 19.4 Å². The molecule has 2 aromatic rings. The predicted molar refractivity (Wildman–Crippen MR) is 96.7 cm³/mol. The molecule has 118 valence electrons. The van der Waals surface area contributed by atoms with Gasteiger partial charge < -0.3 is 9.84 Å². The van der Waals surface area contributed by atoms with Crippen LogP contribution in [-0.4, -0.2) is 39.0 Å². The zero-order valence-corrected chi connectivity index (χ0v) is 14.1. The van der Waals surface area contributed by atoms with Crippen molar-refractivity contribution in [3.05, 3.63) is 47.0 Å². The predicted octanol–water partition coefficient (Wildman–Crippen LogP) is 1.48. The normalized spacial score (nSPS) is 10.4. The molecule has 0 atom stereocenters. The van der Waals surface area contributed by atoms with Gasteiger partial charge in [0.25, 0.3) is 0 Å². The smallest absolute Gasteiger partial charge is 0.343 e. The summed E-state index contributed by atoms with van der Waals surface area (Å²) in [5, 5.41) is 9.26. The van der Waals surface area contributed by atoms with E-state index in [1.165, 1.54) is 23.9 Å². The minimum atomic E-state index is -1.27. The fourth-order valence-corrected chi connectivity index (χ4v) is 2.71. The molecule has 1 N–H and O–H groups in total. The number of ether oxygens (including phenoxy) is 1. The topological polar surface area (TPSA) is 63.6 Å². The van der Waals surface area contributed by atoms with Crippen LogP contribution in [0.4, 0.5) is 0 Å². The SMILES string of the molecule is [B]c1cc([B])c(OC(=O)c2cc(CC)cc(SC)c2)c(C(=O)O)c1. The highest BCUT2D eigenvalue weighted by Crippen LogP contribution is 2.22. The molecule has 0 aliphatic rings. The van der Waals surface area contributed by atoms with Crippen molar-refractivity contribution in [2.24, 2.45) is 0 Å². The van der Waals surface area contributed by atoms with Crippen molar-refractivity contribution in [3.63, 3.8) is 0 Å². The van der Waals surface area contributed by atoms with E-state index in [9.17, 15) is 14.7 Å². The second-order valence-corrected chi connectivity index (χ2v) is 5.98. The number of benzene rings is 2. The van der Waals surface area contributed by atoms with Crippen molar-refractivity contribution in [1.29, 1.82) is 0 Å². The summed E-state index contributed by atoms with van der Waals surface area (Å²) in [5.74, 6) is -2.14. The van der Waals surface area contributed by atoms with E-state index in [1.54, 1.807) is 12.1 Å². The van der Waals surface area contributed by atoms with Gasteiger partial charge in [0.15, 0.2) is 0 Å². The van der Waals surface area contributed by atoms with Crippen LogP contribution >= 0.6 is 11.8 Å². The lowest BCUT2D eigenvalue weighted by Crippen LogP contribution is -2.23. The number of rotatable bonds is 5. The van der Waals surface area contributed by atoms with Crippen LogP contribution in [-0.2, 0) is 6.42 Å². The van der Waals surface area contributed by atoms with Crippen molar-refractivity contribution in [2.45, 2.75) is 18.2 Å². The molecule has 2 rings (SSSR count). The van der Waals surface area contributed by atoms with Gasteiger partial charge in [-0.15, -0.1) is 11.8 Å². The first-order valence-corrected chi connectivity index (χ1v) is 8.40. The van der Waals surface area contributed by atoms with Gasteiger partial charge in [0.1, 0.15) is 27.0 Å². The van der Waals surface area contributed by atoms with Crippen molar-refractivity contribution in [2.75, 3.05) is 6.26 Å². The van der Waals surface area contributed by atoms with E-state index in [0.29, 0.717) is 5.56 Å². The number of esters is 1. The van der Waals surface area contributed by atoms with Crippen LogP contribution in [0.5, 0.6) is 5.75 Å². The van der Waals surface area contributed by atoms with Gasteiger partial charge in [-0.05, 0) is 36.4 Å². The third-order valence-electron chi connectivity index (χ3n) is 3.41. The van der Waals surface area contributed by atoms with Gasteiger partial charge >= 0.3 is 11.9 Å². The molecule has 4 radical (unpaired) electrons. The Morgan fingerprint density at radius 2 is 1.88 bits per heavy atom. The highest BCUT2D eigenvalue weighted by atomic mass is 32.2. The molecule has 0 aliphatic carbocycles. The first-order valence-electron chi connectivity index (χ1n) is 7.18. The molecule has 2 aromatic carbocycles. The first-order chi connectivity index (χ1) is 11.3. The molecule has 0 bridgehead atoms. The molecule has 4 nitrogen and oxygen atoms in total. The second kappa shape index (κ2) is 7.62. The maximum Gasteiger partial charge on any atom is 0.343 e. The zero-order valence-electron chi connectivity index (χ0n) is 13.3. The van der Waals surface area contributed by atoms with E-state index in [-0.39, 0.29) is 22.2 Å². The number of carboxylic acids is 1. The maximum absolute atomic E-state index is 12.5. The molecule has 0 unspecified atom stereocenters. The van der Waals surface area contributed by atoms with E-state index in [2.05, 4.69) is 0 Å². The molecule has 0 aromatic heterocycles. The summed E-state index contributed by atoms with van der Waals surface area (Å²) in [6, 6.07) is 7.96. The largest absolute Gasteiger partial charge is 0.478 e. The minimum Gasteiger partial charge on any atom is -0.478 e. The number of carbonyl (C=O) groups excluding carboxylic acids is 1. The number of aryl methyl sites for hydroxylation is 1. The van der Waals surface area contributed by atoms with Crippen molar-refractivity contribution in [3.8, 4) is 5.75 Å². The molecule has 0 saturated carbocycles. The standard InChI is InChI=1S/C17H14B2O4S/c1-3-9-4-10(6-12(5-9)24-2)17(22)23-15-13(16(20)21)7-11(18)8-14(15)19/h4-8H,3H2,1-2H3,(H,20,21). The number of hydrogen-bond donors (Lipinski definition) is 1. The van der Waals surface area contributed by atoms with Crippen molar-refractivity contribution >= 4 is 50.3 Å². The Bertz CT molecular complexity index is 783. The average molecular weight is 336 g/mol. The van der Waals surface area contributed by atoms with E-state index >= 15 is 0 Å². The monoisotopic (exact) mass is 336 g/mol. The third-order valence-corrected chi connectivity index (χ3v) is 4.12. The molecule has 0 amide bonds. The van der Waals surface area contributed by atoms with Crippen molar-refractivity contribution in [1.82, 2.24) is 0 Å². The van der Waals surface area contributed by atoms with Crippen LogP contribution in [0.3, 0.4) is 0 Å². The van der Waals surface area contributed by atoms with E-state index in [4.69, 9.17) is 20.4 Å². The van der Waals surface area contributed by atoms with Crippen LogP contribution in [0.15, 0.2) is 35.2 Å². The second-order valence-electron chi connectivity index (χ2n) is 5.10. The summed E-state index contributed by atoms with van der Waals surface area (Å²) >= 11 is 1.51. The Labute approximate surface area is 147 Å². The summed E-state index contributed by atoms with van der Waals surface area (Å²) in [6.07, 6.45) is 2.67. The highest BCUT2D eigenvalue weighted by Gasteiger charge is 2.19. The lowest BCUT2D eigenvalue weighted by molar-refractivity contribution is 0.0682. The number of carbonyl (C=O) groups is 2. The van der Waals surface area contributed by atoms with Gasteiger partial charge in [-0.1, -0.05) is 30.0 Å². The molecule has 0 saturated heterocycles. The van der Waals surface area contributed by atoms with Crippen LogP contribution in [0.1, 0.15) is 33.2 Å². The van der Waals surface area contributed by atoms with Gasteiger partial charge in [0.2, 0.25) is 0 Å².